The number of unbranched alkanes of at least 4 members (excludes halogenated alkanes) is 2. The van der Waals surface area contributed by atoms with Crippen LogP contribution in [0.15, 0.2) is 24.3 Å². The van der Waals surface area contributed by atoms with Crippen LogP contribution in [0.4, 0.5) is 8.78 Å². The van der Waals surface area contributed by atoms with Crippen molar-refractivity contribution in [3.63, 3.8) is 0 Å². The van der Waals surface area contributed by atoms with Gasteiger partial charge in [-0.05, 0) is 24.0 Å². The van der Waals surface area contributed by atoms with Gasteiger partial charge in [0.1, 0.15) is 5.75 Å². The predicted molar refractivity (Wildman–Crippen MR) is 66.0 cm³/mol. The van der Waals surface area contributed by atoms with Gasteiger partial charge < -0.3 is 14.8 Å². The molecular formula is C12H17BF2O3. The van der Waals surface area contributed by atoms with Crippen LogP contribution in [-0.4, -0.2) is 23.3 Å². The number of halogens is 2. The van der Waals surface area contributed by atoms with Crippen molar-refractivity contribution in [3.8, 4) is 5.75 Å². The molecule has 1 aromatic rings. The second-order valence-electron chi connectivity index (χ2n) is 4.14. The maximum absolute atomic E-state index is 13.4. The van der Waals surface area contributed by atoms with Gasteiger partial charge in [-0.1, -0.05) is 31.9 Å². The first-order chi connectivity index (χ1) is 8.44. The summed E-state index contributed by atoms with van der Waals surface area (Å²) in [6.45, 7) is 1.94. The van der Waals surface area contributed by atoms with Crippen molar-refractivity contribution in [2.45, 2.75) is 38.7 Å². The summed E-state index contributed by atoms with van der Waals surface area (Å²) in [5.41, 5.74) is 0.233. The van der Waals surface area contributed by atoms with E-state index < -0.39 is 13.2 Å². The van der Waals surface area contributed by atoms with Gasteiger partial charge in [0.2, 0.25) is 0 Å². The smallest absolute Gasteiger partial charge is 0.433 e. The Morgan fingerprint density at radius 1 is 1.17 bits per heavy atom. The zero-order valence-electron chi connectivity index (χ0n) is 10.3. The van der Waals surface area contributed by atoms with Crippen LogP contribution >= 0.6 is 0 Å². The molecule has 0 spiro atoms. The molecule has 2 N–H and O–H groups in total. The van der Waals surface area contributed by atoms with Crippen LogP contribution < -0.4 is 10.2 Å². The standard InChI is InChI=1S/C12H17BF2O3/c1-2-3-4-9-12(14,15)18-11-7-5-10(6-8-11)13(16)17/h5-8,16-17H,2-4,9H2,1H3. The van der Waals surface area contributed by atoms with Crippen LogP contribution in [0, 0.1) is 0 Å². The molecule has 1 aromatic carbocycles. The number of hydrogen-bond acceptors (Lipinski definition) is 3. The summed E-state index contributed by atoms with van der Waals surface area (Å²) in [5, 5.41) is 17.7. The first-order valence-electron chi connectivity index (χ1n) is 5.97. The Kier molecular flexibility index (Phi) is 5.56. The maximum atomic E-state index is 13.4. The minimum absolute atomic E-state index is 0.0147. The maximum Gasteiger partial charge on any atom is 0.488 e. The summed E-state index contributed by atoms with van der Waals surface area (Å²) in [6, 6.07) is 5.26. The molecular weight excluding hydrogens is 241 g/mol. The molecule has 0 amide bonds. The second-order valence-corrected chi connectivity index (χ2v) is 4.14. The van der Waals surface area contributed by atoms with Crippen molar-refractivity contribution < 1.29 is 23.6 Å². The van der Waals surface area contributed by atoms with Crippen molar-refractivity contribution in [2.75, 3.05) is 0 Å². The van der Waals surface area contributed by atoms with E-state index in [-0.39, 0.29) is 17.6 Å². The summed E-state index contributed by atoms with van der Waals surface area (Å²) in [5.74, 6) is 0.0147. The highest BCUT2D eigenvalue weighted by molar-refractivity contribution is 6.58. The zero-order chi connectivity index (χ0) is 13.6. The van der Waals surface area contributed by atoms with Gasteiger partial charge in [-0.15, -0.1) is 0 Å². The first-order valence-corrected chi connectivity index (χ1v) is 5.97. The van der Waals surface area contributed by atoms with Crippen LogP contribution in [0.2, 0.25) is 0 Å². The van der Waals surface area contributed by atoms with Gasteiger partial charge in [-0.25, -0.2) is 0 Å². The third-order valence-electron chi connectivity index (χ3n) is 2.52. The predicted octanol–water partition coefficient (Wildman–Crippen LogP) is 1.92. The van der Waals surface area contributed by atoms with Crippen LogP contribution in [0.1, 0.15) is 32.6 Å². The molecule has 0 unspecified atom stereocenters. The fraction of sp³-hybridized carbons (Fsp3) is 0.500. The Bertz CT molecular complexity index is 355. The highest BCUT2D eigenvalue weighted by Gasteiger charge is 2.30. The Labute approximate surface area is 106 Å². The summed E-state index contributed by atoms with van der Waals surface area (Å²) in [7, 11) is -1.61. The van der Waals surface area contributed by atoms with Crippen molar-refractivity contribution in [2.24, 2.45) is 0 Å². The van der Waals surface area contributed by atoms with Crippen molar-refractivity contribution in [1.29, 1.82) is 0 Å². The average molecular weight is 258 g/mol. The summed E-state index contributed by atoms with van der Waals surface area (Å²) < 4.78 is 31.3. The SMILES string of the molecule is CCCCCC(F)(F)Oc1ccc(B(O)O)cc1. The van der Waals surface area contributed by atoms with E-state index in [0.717, 1.165) is 12.8 Å². The molecule has 0 bridgehead atoms. The largest absolute Gasteiger partial charge is 0.488 e. The van der Waals surface area contributed by atoms with Gasteiger partial charge in [0, 0.05) is 0 Å². The third kappa shape index (κ3) is 5.02. The molecule has 0 aliphatic carbocycles. The number of alkyl halides is 2. The molecule has 0 saturated heterocycles. The van der Waals surface area contributed by atoms with E-state index in [1.165, 1.54) is 24.3 Å². The molecule has 0 radical (unpaired) electrons. The molecule has 18 heavy (non-hydrogen) atoms. The van der Waals surface area contributed by atoms with Crippen molar-refractivity contribution >= 4 is 12.6 Å². The lowest BCUT2D eigenvalue weighted by molar-refractivity contribution is -0.181. The zero-order valence-corrected chi connectivity index (χ0v) is 10.3. The molecule has 0 aliphatic rings. The number of hydrogen-bond donors (Lipinski definition) is 2. The van der Waals surface area contributed by atoms with Gasteiger partial charge in [0.25, 0.3) is 0 Å². The number of ether oxygens (including phenoxy) is 1. The Hall–Kier alpha value is -1.14. The van der Waals surface area contributed by atoms with E-state index in [1.807, 2.05) is 6.92 Å². The number of benzene rings is 1. The minimum Gasteiger partial charge on any atom is -0.433 e. The third-order valence-corrected chi connectivity index (χ3v) is 2.52. The Morgan fingerprint density at radius 3 is 2.28 bits per heavy atom. The summed E-state index contributed by atoms with van der Waals surface area (Å²) in [4.78, 5) is 0. The fourth-order valence-electron chi connectivity index (χ4n) is 1.51. The van der Waals surface area contributed by atoms with Gasteiger partial charge in [0.05, 0.1) is 6.42 Å². The van der Waals surface area contributed by atoms with E-state index in [9.17, 15) is 8.78 Å². The van der Waals surface area contributed by atoms with E-state index in [0.29, 0.717) is 6.42 Å². The molecule has 0 saturated carbocycles. The quantitative estimate of drug-likeness (QED) is 0.580. The topological polar surface area (TPSA) is 49.7 Å². The van der Waals surface area contributed by atoms with Gasteiger partial charge in [-0.2, -0.15) is 8.78 Å². The lowest BCUT2D eigenvalue weighted by atomic mass is 9.80. The molecule has 0 heterocycles. The molecule has 1 rings (SSSR count). The normalized spacial score (nSPS) is 11.4. The Balaban J connectivity index is 2.55. The van der Waals surface area contributed by atoms with Gasteiger partial charge in [-0.3, -0.25) is 0 Å². The highest BCUT2D eigenvalue weighted by Crippen LogP contribution is 2.26. The number of rotatable bonds is 7. The van der Waals surface area contributed by atoms with Crippen molar-refractivity contribution in [3.05, 3.63) is 24.3 Å². The van der Waals surface area contributed by atoms with E-state index in [1.54, 1.807) is 0 Å². The Morgan fingerprint density at radius 2 is 1.78 bits per heavy atom. The summed E-state index contributed by atoms with van der Waals surface area (Å²) in [6.07, 6.45) is -1.47. The van der Waals surface area contributed by atoms with Crippen molar-refractivity contribution in [1.82, 2.24) is 0 Å². The van der Waals surface area contributed by atoms with E-state index >= 15 is 0 Å². The second kappa shape index (κ2) is 6.71. The first kappa shape index (κ1) is 14.9. The lowest BCUT2D eigenvalue weighted by Crippen LogP contribution is -2.30. The fourth-order valence-corrected chi connectivity index (χ4v) is 1.51. The molecule has 100 valence electrons. The summed E-state index contributed by atoms with van der Waals surface area (Å²) >= 11 is 0. The molecule has 0 aliphatic heterocycles. The van der Waals surface area contributed by atoms with Crippen LogP contribution in [-0.2, 0) is 0 Å². The minimum atomic E-state index is -3.19. The van der Waals surface area contributed by atoms with Crippen LogP contribution in [0.5, 0.6) is 5.75 Å². The van der Waals surface area contributed by atoms with Crippen LogP contribution in [0.3, 0.4) is 0 Å². The van der Waals surface area contributed by atoms with E-state index in [4.69, 9.17) is 10.0 Å². The molecule has 3 nitrogen and oxygen atoms in total. The lowest BCUT2D eigenvalue weighted by Gasteiger charge is -2.18. The van der Waals surface area contributed by atoms with Crippen LogP contribution in [0.25, 0.3) is 0 Å². The van der Waals surface area contributed by atoms with Gasteiger partial charge in [0.15, 0.2) is 0 Å². The molecule has 0 fully saturated rings. The highest BCUT2D eigenvalue weighted by atomic mass is 19.3. The van der Waals surface area contributed by atoms with E-state index in [2.05, 4.69) is 4.74 Å². The van der Waals surface area contributed by atoms with Gasteiger partial charge >= 0.3 is 13.2 Å². The molecule has 0 aromatic heterocycles. The molecule has 0 atom stereocenters. The monoisotopic (exact) mass is 258 g/mol. The average Bonchev–Trinajstić information content (AvgIpc) is 2.29. The molecule has 6 heteroatoms.